The highest BCUT2D eigenvalue weighted by Crippen LogP contribution is 2.32. The SMILES string of the molecule is CCCN1CCN(c2cc(Nc3ncc(-c4ccc(NC(=O)Nc5cc(CC)on5)cc4)s3)nc(SC)n2)CC1. The molecule has 11 nitrogen and oxygen atoms in total. The Kier molecular flexibility index (Phi) is 9.14. The molecule has 0 unspecified atom stereocenters. The van der Waals surface area contributed by atoms with Crippen molar-refractivity contribution in [1.82, 2.24) is 25.0 Å². The number of amides is 2. The third-order valence-corrected chi connectivity index (χ3v) is 7.94. The monoisotopic (exact) mass is 579 g/mol. The minimum absolute atomic E-state index is 0.380. The molecule has 4 heterocycles. The second-order valence-corrected chi connectivity index (χ2v) is 11.1. The quantitative estimate of drug-likeness (QED) is 0.157. The fraction of sp³-hybridized carbons (Fsp3) is 0.370. The maximum atomic E-state index is 12.3. The smallest absolute Gasteiger partial charge is 0.324 e. The first kappa shape index (κ1) is 27.9. The van der Waals surface area contributed by atoms with Gasteiger partial charge in [0, 0.05) is 56.6 Å². The van der Waals surface area contributed by atoms with Gasteiger partial charge in [-0.25, -0.2) is 19.7 Å². The number of benzene rings is 1. The van der Waals surface area contributed by atoms with Gasteiger partial charge in [-0.05, 0) is 36.9 Å². The summed E-state index contributed by atoms with van der Waals surface area (Å²) >= 11 is 3.07. The lowest BCUT2D eigenvalue weighted by atomic mass is 10.2. The molecule has 3 N–H and O–H groups in total. The molecule has 2 amide bonds. The first-order chi connectivity index (χ1) is 19.5. The van der Waals surface area contributed by atoms with Crippen LogP contribution in [0.4, 0.5) is 33.1 Å². The van der Waals surface area contributed by atoms with Gasteiger partial charge >= 0.3 is 6.03 Å². The van der Waals surface area contributed by atoms with E-state index in [0.29, 0.717) is 23.7 Å². The highest BCUT2D eigenvalue weighted by Gasteiger charge is 2.19. The van der Waals surface area contributed by atoms with Crippen LogP contribution in [-0.2, 0) is 6.42 Å². The standard InChI is InChI=1S/C27H33N9O2S2/c1-4-10-35-11-13-36(14-12-35)24-16-22(32-27(33-24)39-3)31-26-28-17-21(40-26)18-6-8-19(9-7-18)29-25(37)30-23-15-20(5-2)38-34-23/h6-9,15-17H,4-5,10-14H2,1-3H3,(H,28,31,32,33)(H2,29,30,34,37). The number of hydrogen-bond acceptors (Lipinski definition) is 11. The van der Waals surface area contributed by atoms with Gasteiger partial charge < -0.3 is 20.1 Å². The number of carbonyl (C=O) groups excluding carboxylic acids is 1. The fourth-order valence-corrected chi connectivity index (χ4v) is 5.56. The summed E-state index contributed by atoms with van der Waals surface area (Å²) in [6.07, 6.45) is 5.71. The second-order valence-electron chi connectivity index (χ2n) is 9.27. The number of nitrogens with one attached hydrogen (secondary N) is 3. The summed E-state index contributed by atoms with van der Waals surface area (Å²) in [5.74, 6) is 2.76. The summed E-state index contributed by atoms with van der Waals surface area (Å²) in [5, 5.41) is 14.2. The predicted molar refractivity (Wildman–Crippen MR) is 162 cm³/mol. The summed E-state index contributed by atoms with van der Waals surface area (Å²) in [4.78, 5) is 32.1. The normalized spacial score (nSPS) is 13.8. The molecule has 0 radical (unpaired) electrons. The van der Waals surface area contributed by atoms with E-state index in [1.165, 1.54) is 29.5 Å². The molecule has 1 aliphatic rings. The number of thioether (sulfide) groups is 1. The van der Waals surface area contributed by atoms with Crippen molar-refractivity contribution in [3.05, 3.63) is 48.4 Å². The van der Waals surface area contributed by atoms with Crippen LogP contribution in [0.25, 0.3) is 10.4 Å². The first-order valence-corrected chi connectivity index (χ1v) is 15.3. The summed E-state index contributed by atoms with van der Waals surface area (Å²) in [6, 6.07) is 10.9. The van der Waals surface area contributed by atoms with Crippen molar-refractivity contribution < 1.29 is 9.32 Å². The maximum absolute atomic E-state index is 12.3. The molecule has 13 heteroatoms. The van der Waals surface area contributed by atoms with E-state index in [1.807, 2.05) is 49.7 Å². The summed E-state index contributed by atoms with van der Waals surface area (Å²) in [5.41, 5.74) is 1.66. The molecular weight excluding hydrogens is 546 g/mol. The molecule has 1 saturated heterocycles. The number of aryl methyl sites for hydroxylation is 1. The van der Waals surface area contributed by atoms with Crippen molar-refractivity contribution in [1.29, 1.82) is 0 Å². The number of piperazine rings is 1. The van der Waals surface area contributed by atoms with Crippen molar-refractivity contribution in [3.8, 4) is 10.4 Å². The summed E-state index contributed by atoms with van der Waals surface area (Å²) in [7, 11) is 0. The molecular formula is C27H33N9O2S2. The van der Waals surface area contributed by atoms with E-state index < -0.39 is 0 Å². The number of rotatable bonds is 10. The number of hydrogen-bond donors (Lipinski definition) is 3. The predicted octanol–water partition coefficient (Wildman–Crippen LogP) is 5.79. The van der Waals surface area contributed by atoms with E-state index in [2.05, 4.69) is 47.8 Å². The lowest BCUT2D eigenvalue weighted by molar-refractivity contribution is 0.258. The molecule has 5 rings (SSSR count). The molecule has 0 spiro atoms. The van der Waals surface area contributed by atoms with Crippen LogP contribution in [0.1, 0.15) is 26.0 Å². The zero-order valence-corrected chi connectivity index (χ0v) is 24.4. The lowest BCUT2D eigenvalue weighted by Gasteiger charge is -2.35. The van der Waals surface area contributed by atoms with Crippen LogP contribution in [0.15, 0.2) is 52.3 Å². The van der Waals surface area contributed by atoms with Crippen molar-refractivity contribution >= 4 is 57.4 Å². The number of anilines is 5. The maximum Gasteiger partial charge on any atom is 0.324 e. The van der Waals surface area contributed by atoms with Gasteiger partial charge in [0.15, 0.2) is 16.1 Å². The van der Waals surface area contributed by atoms with E-state index in [0.717, 1.165) is 65.1 Å². The fourth-order valence-electron chi connectivity index (χ4n) is 4.36. The van der Waals surface area contributed by atoms with E-state index in [4.69, 9.17) is 9.51 Å². The van der Waals surface area contributed by atoms with Crippen molar-refractivity contribution in [2.24, 2.45) is 0 Å². The van der Waals surface area contributed by atoms with Gasteiger partial charge in [-0.3, -0.25) is 10.2 Å². The number of aromatic nitrogens is 4. The van der Waals surface area contributed by atoms with Crippen molar-refractivity contribution in [2.45, 2.75) is 31.8 Å². The van der Waals surface area contributed by atoms with Gasteiger partial charge in [0.05, 0.1) is 4.88 Å². The zero-order valence-electron chi connectivity index (χ0n) is 22.8. The Bertz CT molecular complexity index is 1420. The third kappa shape index (κ3) is 7.09. The van der Waals surface area contributed by atoms with Crippen molar-refractivity contribution in [3.63, 3.8) is 0 Å². The Morgan fingerprint density at radius 1 is 1.05 bits per heavy atom. The van der Waals surface area contributed by atoms with Crippen LogP contribution in [0.5, 0.6) is 0 Å². The van der Waals surface area contributed by atoms with Gasteiger partial charge in [-0.2, -0.15) is 0 Å². The Balaban J connectivity index is 1.21. The minimum Gasteiger partial charge on any atom is -0.359 e. The molecule has 0 saturated carbocycles. The van der Waals surface area contributed by atoms with Crippen LogP contribution < -0.4 is 20.9 Å². The van der Waals surface area contributed by atoms with E-state index in [9.17, 15) is 4.79 Å². The average Bonchev–Trinajstić information content (AvgIpc) is 3.63. The molecule has 0 bridgehead atoms. The van der Waals surface area contributed by atoms with E-state index in [1.54, 1.807) is 6.07 Å². The molecule has 4 aromatic rings. The summed E-state index contributed by atoms with van der Waals surface area (Å²) < 4.78 is 5.11. The molecule has 40 heavy (non-hydrogen) atoms. The Morgan fingerprint density at radius 3 is 2.55 bits per heavy atom. The van der Waals surface area contributed by atoms with Crippen LogP contribution in [0.3, 0.4) is 0 Å². The largest absolute Gasteiger partial charge is 0.359 e. The van der Waals surface area contributed by atoms with Gasteiger partial charge in [0.25, 0.3) is 0 Å². The average molecular weight is 580 g/mol. The molecule has 1 aromatic carbocycles. The molecule has 0 aliphatic carbocycles. The number of nitrogens with zero attached hydrogens (tertiary/aromatic N) is 6. The molecule has 3 aromatic heterocycles. The lowest BCUT2D eigenvalue weighted by Crippen LogP contribution is -2.46. The molecule has 0 atom stereocenters. The van der Waals surface area contributed by atoms with Gasteiger partial charge in [-0.15, -0.1) is 0 Å². The topological polar surface area (TPSA) is 124 Å². The Hall–Kier alpha value is -3.68. The molecule has 1 aliphatic heterocycles. The minimum atomic E-state index is -0.385. The number of thiazole rings is 1. The van der Waals surface area contributed by atoms with Crippen LogP contribution >= 0.6 is 23.1 Å². The van der Waals surface area contributed by atoms with E-state index in [-0.39, 0.29) is 6.03 Å². The number of urea groups is 1. The number of carbonyl (C=O) groups is 1. The summed E-state index contributed by atoms with van der Waals surface area (Å²) in [6.45, 7) is 9.33. The third-order valence-electron chi connectivity index (χ3n) is 6.43. The van der Waals surface area contributed by atoms with Crippen LogP contribution in [0.2, 0.25) is 0 Å². The van der Waals surface area contributed by atoms with E-state index >= 15 is 0 Å². The van der Waals surface area contributed by atoms with Crippen LogP contribution in [0, 0.1) is 0 Å². The van der Waals surface area contributed by atoms with Gasteiger partial charge in [-0.1, -0.05) is 54.2 Å². The Morgan fingerprint density at radius 2 is 1.85 bits per heavy atom. The highest BCUT2D eigenvalue weighted by molar-refractivity contribution is 7.98. The molecule has 210 valence electrons. The molecule has 1 fully saturated rings. The first-order valence-electron chi connectivity index (χ1n) is 13.3. The van der Waals surface area contributed by atoms with Gasteiger partial charge in [0.1, 0.15) is 17.4 Å². The van der Waals surface area contributed by atoms with Crippen LogP contribution in [-0.4, -0.2) is 70.0 Å². The highest BCUT2D eigenvalue weighted by atomic mass is 32.2. The zero-order chi connectivity index (χ0) is 27.9. The second kappa shape index (κ2) is 13.1. The van der Waals surface area contributed by atoms with Gasteiger partial charge in [0.2, 0.25) is 0 Å². The Labute approximate surface area is 241 Å². The van der Waals surface area contributed by atoms with Crippen molar-refractivity contribution in [2.75, 3.05) is 59.8 Å².